The Kier molecular flexibility index (Phi) is 4.55. The van der Waals surface area contributed by atoms with Gasteiger partial charge < -0.3 is 0 Å². The number of nitro groups is 1. The van der Waals surface area contributed by atoms with Gasteiger partial charge in [0.15, 0.2) is 0 Å². The van der Waals surface area contributed by atoms with E-state index in [4.69, 9.17) is 34.8 Å². The zero-order valence-electron chi connectivity index (χ0n) is 9.86. The molecule has 0 aliphatic heterocycles. The van der Waals surface area contributed by atoms with Gasteiger partial charge in [0.1, 0.15) is 17.0 Å². The first-order chi connectivity index (χ1) is 9.82. The van der Waals surface area contributed by atoms with Crippen LogP contribution in [0.15, 0.2) is 18.5 Å². The van der Waals surface area contributed by atoms with Crippen molar-refractivity contribution in [1.29, 1.82) is 0 Å². The largest absolute Gasteiger partial charge is 0.288 e. The summed E-state index contributed by atoms with van der Waals surface area (Å²) in [7, 11) is 0. The summed E-state index contributed by atoms with van der Waals surface area (Å²) < 4.78 is 25.5. The van der Waals surface area contributed by atoms with Crippen LogP contribution < -0.4 is 0 Å². The molecule has 110 valence electrons. The fourth-order valence-electron chi connectivity index (χ4n) is 1.58. The predicted molar refractivity (Wildman–Crippen MR) is 74.1 cm³/mol. The van der Waals surface area contributed by atoms with E-state index in [0.717, 1.165) is 18.5 Å². The van der Waals surface area contributed by atoms with Crippen molar-refractivity contribution in [2.75, 3.05) is 0 Å². The van der Waals surface area contributed by atoms with Gasteiger partial charge in [-0.25, -0.2) is 18.7 Å². The molecule has 0 N–H and O–H groups in total. The normalized spacial score (nSPS) is 11.0. The number of hydrogen-bond donors (Lipinski definition) is 0. The molecule has 0 radical (unpaired) electrons. The molecular weight excluding hydrogens is 350 g/mol. The van der Waals surface area contributed by atoms with Crippen LogP contribution in [0.1, 0.15) is 12.1 Å². The van der Waals surface area contributed by atoms with E-state index in [0.29, 0.717) is 0 Å². The second kappa shape index (κ2) is 6.05. The van der Waals surface area contributed by atoms with Gasteiger partial charge in [-0.3, -0.25) is 10.1 Å². The molecule has 0 aliphatic carbocycles. The average molecular weight is 355 g/mol. The highest BCUT2D eigenvalue weighted by molar-refractivity contribution is 6.39. The SMILES string of the molecule is O=[N+]([O-])c1cc(-c2ncnc(C(F)F)c2Cl)c(Cl)cc1Cl. The number of rotatable bonds is 3. The van der Waals surface area contributed by atoms with Gasteiger partial charge in [0.2, 0.25) is 0 Å². The Bertz CT molecular complexity index is 728. The summed E-state index contributed by atoms with van der Waals surface area (Å²) in [5, 5.41) is 10.2. The minimum absolute atomic E-state index is 0.00795. The zero-order chi connectivity index (χ0) is 15.7. The highest BCUT2D eigenvalue weighted by Gasteiger charge is 2.23. The minimum Gasteiger partial charge on any atom is -0.258 e. The number of nitrogens with zero attached hydrogens (tertiary/aromatic N) is 3. The molecule has 21 heavy (non-hydrogen) atoms. The molecule has 0 saturated carbocycles. The molecular formula is C11H4Cl3F2N3O2. The van der Waals surface area contributed by atoms with Gasteiger partial charge in [0, 0.05) is 11.6 Å². The van der Waals surface area contributed by atoms with Crippen LogP contribution >= 0.6 is 34.8 Å². The third-order valence-electron chi connectivity index (χ3n) is 2.51. The number of nitro benzene ring substituents is 1. The number of hydrogen-bond acceptors (Lipinski definition) is 4. The molecule has 2 rings (SSSR count). The van der Waals surface area contributed by atoms with Crippen LogP contribution in [0.4, 0.5) is 14.5 Å². The van der Waals surface area contributed by atoms with E-state index >= 15 is 0 Å². The third-order valence-corrected chi connectivity index (χ3v) is 3.50. The fraction of sp³-hybridized carbons (Fsp3) is 0.0909. The van der Waals surface area contributed by atoms with Gasteiger partial charge in [-0.2, -0.15) is 0 Å². The van der Waals surface area contributed by atoms with E-state index in [1.165, 1.54) is 0 Å². The summed E-state index contributed by atoms with van der Waals surface area (Å²) in [6, 6.07) is 2.14. The van der Waals surface area contributed by atoms with Gasteiger partial charge in [0.25, 0.3) is 12.1 Å². The molecule has 2 aromatic rings. The Morgan fingerprint density at radius 2 is 1.81 bits per heavy atom. The maximum atomic E-state index is 12.8. The first-order valence-electron chi connectivity index (χ1n) is 5.25. The van der Waals surface area contributed by atoms with E-state index in [2.05, 4.69) is 9.97 Å². The summed E-state index contributed by atoms with van der Waals surface area (Å²) in [6.07, 6.45) is -2.04. The van der Waals surface area contributed by atoms with Crippen molar-refractivity contribution < 1.29 is 13.7 Å². The summed E-state index contributed by atoms with van der Waals surface area (Å²) in [5.74, 6) is 0. The van der Waals surface area contributed by atoms with E-state index in [1.54, 1.807) is 0 Å². The van der Waals surface area contributed by atoms with Crippen molar-refractivity contribution in [1.82, 2.24) is 9.97 Å². The summed E-state index contributed by atoms with van der Waals surface area (Å²) >= 11 is 17.4. The molecule has 0 fully saturated rings. The summed E-state index contributed by atoms with van der Waals surface area (Å²) in [4.78, 5) is 17.3. The lowest BCUT2D eigenvalue weighted by molar-refractivity contribution is -0.384. The highest BCUT2D eigenvalue weighted by Crippen LogP contribution is 2.40. The van der Waals surface area contributed by atoms with Crippen molar-refractivity contribution in [2.24, 2.45) is 0 Å². The van der Waals surface area contributed by atoms with Crippen LogP contribution in [-0.2, 0) is 0 Å². The van der Waals surface area contributed by atoms with Crippen LogP contribution in [-0.4, -0.2) is 14.9 Å². The lowest BCUT2D eigenvalue weighted by Crippen LogP contribution is -1.98. The van der Waals surface area contributed by atoms with E-state index < -0.39 is 27.8 Å². The van der Waals surface area contributed by atoms with Crippen LogP contribution in [0.5, 0.6) is 0 Å². The maximum Gasteiger partial charge on any atom is 0.288 e. The van der Waals surface area contributed by atoms with E-state index in [1.807, 2.05) is 0 Å². The Hall–Kier alpha value is -1.57. The quantitative estimate of drug-likeness (QED) is 0.577. The lowest BCUT2D eigenvalue weighted by atomic mass is 10.1. The molecule has 0 atom stereocenters. The first kappa shape index (κ1) is 15.8. The molecule has 1 aromatic heterocycles. The molecule has 10 heteroatoms. The number of aromatic nitrogens is 2. The van der Waals surface area contributed by atoms with Crippen LogP contribution in [0.3, 0.4) is 0 Å². The standard InChI is InChI=1S/C11H4Cl3F2N3O2/c12-5-2-6(13)7(19(20)21)1-4(5)9-8(14)10(11(15)16)18-3-17-9/h1-3,11H. The van der Waals surface area contributed by atoms with Crippen molar-refractivity contribution >= 4 is 40.5 Å². The minimum atomic E-state index is -2.92. The summed E-state index contributed by atoms with van der Waals surface area (Å²) in [6.45, 7) is 0. The van der Waals surface area contributed by atoms with Gasteiger partial charge in [-0.05, 0) is 6.07 Å². The van der Waals surface area contributed by atoms with Gasteiger partial charge in [-0.1, -0.05) is 34.8 Å². The van der Waals surface area contributed by atoms with Crippen molar-refractivity contribution in [2.45, 2.75) is 6.43 Å². The van der Waals surface area contributed by atoms with E-state index in [9.17, 15) is 18.9 Å². The average Bonchev–Trinajstić information content (AvgIpc) is 2.39. The zero-order valence-corrected chi connectivity index (χ0v) is 12.1. The molecule has 5 nitrogen and oxygen atoms in total. The Labute approximate surface area is 131 Å². The molecule has 1 aromatic carbocycles. The van der Waals surface area contributed by atoms with Crippen molar-refractivity contribution in [3.63, 3.8) is 0 Å². The predicted octanol–water partition coefficient (Wildman–Crippen LogP) is 4.95. The Balaban J connectivity index is 2.70. The number of benzene rings is 1. The van der Waals surface area contributed by atoms with Crippen LogP contribution in [0.2, 0.25) is 15.1 Å². The monoisotopic (exact) mass is 353 g/mol. The lowest BCUT2D eigenvalue weighted by Gasteiger charge is -2.09. The number of halogens is 5. The van der Waals surface area contributed by atoms with E-state index in [-0.39, 0.29) is 21.3 Å². The fourth-order valence-corrected chi connectivity index (χ4v) is 2.41. The van der Waals surface area contributed by atoms with Crippen LogP contribution in [0, 0.1) is 10.1 Å². The third kappa shape index (κ3) is 3.04. The second-order valence-corrected chi connectivity index (χ2v) is 4.96. The van der Waals surface area contributed by atoms with Crippen LogP contribution in [0.25, 0.3) is 11.3 Å². The van der Waals surface area contributed by atoms with Gasteiger partial charge in [0.05, 0.1) is 20.7 Å². The molecule has 0 spiro atoms. The van der Waals surface area contributed by atoms with Crippen molar-refractivity contribution in [3.8, 4) is 11.3 Å². The second-order valence-electron chi connectivity index (χ2n) is 3.76. The smallest absolute Gasteiger partial charge is 0.258 e. The molecule has 1 heterocycles. The first-order valence-corrected chi connectivity index (χ1v) is 6.38. The summed E-state index contributed by atoms with van der Waals surface area (Å²) in [5.41, 5.74) is -1.24. The Morgan fingerprint density at radius 3 is 2.38 bits per heavy atom. The molecule has 0 amide bonds. The molecule has 0 bridgehead atoms. The molecule has 0 saturated heterocycles. The molecule has 0 aliphatic rings. The maximum absolute atomic E-state index is 12.8. The Morgan fingerprint density at radius 1 is 1.14 bits per heavy atom. The molecule has 0 unspecified atom stereocenters. The topological polar surface area (TPSA) is 68.9 Å². The van der Waals surface area contributed by atoms with Gasteiger partial charge in [-0.15, -0.1) is 0 Å². The van der Waals surface area contributed by atoms with Gasteiger partial charge >= 0.3 is 0 Å². The highest BCUT2D eigenvalue weighted by atomic mass is 35.5. The van der Waals surface area contributed by atoms with Crippen molar-refractivity contribution in [3.05, 3.63) is 49.3 Å². The number of alkyl halides is 2.